The van der Waals surface area contributed by atoms with Crippen molar-refractivity contribution in [3.05, 3.63) is 12.0 Å². The smallest absolute Gasteiger partial charge is 0.350 e. The summed E-state index contributed by atoms with van der Waals surface area (Å²) >= 11 is 0. The molecule has 0 aromatic carbocycles. The molecule has 0 amide bonds. The predicted molar refractivity (Wildman–Crippen MR) is 76.5 cm³/mol. The van der Waals surface area contributed by atoms with Crippen LogP contribution in [0, 0.1) is 12.8 Å². The summed E-state index contributed by atoms with van der Waals surface area (Å²) in [5, 5.41) is 0. The first-order valence-electron chi connectivity index (χ1n) is 6.33. The Morgan fingerprint density at radius 1 is 1.48 bits per heavy atom. The van der Waals surface area contributed by atoms with E-state index in [0.717, 1.165) is 0 Å². The second kappa shape index (κ2) is 6.07. The van der Waals surface area contributed by atoms with E-state index in [9.17, 15) is 4.57 Å². The lowest BCUT2D eigenvalue weighted by atomic mass is 10.2. The Balaban J connectivity index is 2.04. The molecule has 0 radical (unpaired) electrons. The van der Waals surface area contributed by atoms with Crippen LogP contribution in [0.3, 0.4) is 0 Å². The van der Waals surface area contributed by atoms with Gasteiger partial charge < -0.3 is 24.8 Å². The van der Waals surface area contributed by atoms with E-state index >= 15 is 0 Å². The normalized spacial score (nSPS) is 13.7. The number of nitrogens with two attached hydrogens (primary N) is 1. The molecule has 0 bridgehead atoms. The average molecular weight is 315 g/mol. The SMILES string of the molecule is Cc1nc(N)nc2c1ncn2CC(C)COCP(=O)(O)O. The zero-order chi connectivity index (χ0) is 15.6. The third-order valence-electron chi connectivity index (χ3n) is 2.83. The lowest BCUT2D eigenvalue weighted by Gasteiger charge is -2.13. The number of hydrogen-bond donors (Lipinski definition) is 3. The highest BCUT2D eigenvalue weighted by Gasteiger charge is 2.15. The Morgan fingerprint density at radius 2 is 2.19 bits per heavy atom. The number of nitrogens with zero attached hydrogens (tertiary/aromatic N) is 4. The van der Waals surface area contributed by atoms with Crippen molar-refractivity contribution in [1.82, 2.24) is 19.5 Å². The van der Waals surface area contributed by atoms with Crippen molar-refractivity contribution in [3.63, 3.8) is 0 Å². The first kappa shape index (κ1) is 15.8. The molecular formula is C11H18N5O4P. The number of aromatic nitrogens is 4. The Hall–Kier alpha value is -1.54. The van der Waals surface area contributed by atoms with Crippen LogP contribution >= 0.6 is 7.60 Å². The van der Waals surface area contributed by atoms with Crippen molar-refractivity contribution in [1.29, 1.82) is 0 Å². The lowest BCUT2D eigenvalue weighted by Crippen LogP contribution is -2.14. The molecule has 0 aliphatic rings. The standard InChI is InChI=1S/C11H18N5O4P/c1-7(4-20-6-21(17,18)19)3-16-5-13-9-8(2)14-11(12)15-10(9)16/h5,7H,3-4,6H2,1-2H3,(H2,12,14,15)(H2,17,18,19). The van der Waals surface area contributed by atoms with Gasteiger partial charge in [-0.1, -0.05) is 6.92 Å². The maximum atomic E-state index is 10.7. The first-order valence-corrected chi connectivity index (χ1v) is 8.13. The van der Waals surface area contributed by atoms with E-state index in [1.807, 2.05) is 18.4 Å². The van der Waals surface area contributed by atoms with E-state index in [2.05, 4.69) is 15.0 Å². The van der Waals surface area contributed by atoms with E-state index in [0.29, 0.717) is 23.4 Å². The van der Waals surface area contributed by atoms with E-state index in [4.69, 9.17) is 20.3 Å². The summed E-state index contributed by atoms with van der Waals surface area (Å²) in [6, 6.07) is 0. The van der Waals surface area contributed by atoms with E-state index in [1.165, 1.54) is 0 Å². The summed E-state index contributed by atoms with van der Waals surface area (Å²) in [6.45, 7) is 4.49. The highest BCUT2D eigenvalue weighted by atomic mass is 31.2. The summed E-state index contributed by atoms with van der Waals surface area (Å²) in [7, 11) is -4.12. The van der Waals surface area contributed by atoms with Gasteiger partial charge in [0.1, 0.15) is 11.9 Å². The zero-order valence-electron chi connectivity index (χ0n) is 11.8. The van der Waals surface area contributed by atoms with Crippen molar-refractivity contribution in [2.45, 2.75) is 20.4 Å². The highest BCUT2D eigenvalue weighted by molar-refractivity contribution is 7.51. The number of nitrogen functional groups attached to an aromatic ring is 1. The van der Waals surface area contributed by atoms with Crippen molar-refractivity contribution in [2.75, 3.05) is 18.7 Å². The quantitative estimate of drug-likeness (QED) is 0.656. The maximum Gasteiger partial charge on any atom is 0.350 e. The minimum absolute atomic E-state index is 0.0328. The van der Waals surface area contributed by atoms with Gasteiger partial charge in [-0.25, -0.2) is 9.97 Å². The average Bonchev–Trinajstić information content (AvgIpc) is 2.71. The molecule has 9 nitrogen and oxygen atoms in total. The van der Waals surface area contributed by atoms with E-state index < -0.39 is 13.9 Å². The second-order valence-corrected chi connectivity index (χ2v) is 6.59. The lowest BCUT2D eigenvalue weighted by molar-refractivity contribution is 0.121. The van der Waals surface area contributed by atoms with Gasteiger partial charge in [-0.3, -0.25) is 4.57 Å². The number of ether oxygens (including phenoxy) is 1. The summed E-state index contributed by atoms with van der Waals surface area (Å²) in [4.78, 5) is 29.9. The molecule has 0 fully saturated rings. The van der Waals surface area contributed by atoms with Gasteiger partial charge in [0.15, 0.2) is 5.65 Å². The van der Waals surface area contributed by atoms with Gasteiger partial charge >= 0.3 is 7.60 Å². The second-order valence-electron chi connectivity index (χ2n) is 5.01. The van der Waals surface area contributed by atoms with Gasteiger partial charge in [-0.05, 0) is 12.8 Å². The fraction of sp³-hybridized carbons (Fsp3) is 0.545. The van der Waals surface area contributed by atoms with Crippen LogP contribution in [-0.2, 0) is 15.8 Å². The topological polar surface area (TPSA) is 136 Å². The number of aryl methyl sites for hydroxylation is 1. The number of fused-ring (bicyclic) bond motifs is 1. The Bertz CT molecular complexity index is 683. The van der Waals surface area contributed by atoms with Gasteiger partial charge in [0.2, 0.25) is 5.95 Å². The molecule has 0 aliphatic carbocycles. The maximum absolute atomic E-state index is 10.7. The van der Waals surface area contributed by atoms with Gasteiger partial charge in [0, 0.05) is 6.54 Å². The zero-order valence-corrected chi connectivity index (χ0v) is 12.7. The fourth-order valence-electron chi connectivity index (χ4n) is 2.00. The van der Waals surface area contributed by atoms with Crippen LogP contribution in [0.15, 0.2) is 6.33 Å². The van der Waals surface area contributed by atoms with Crippen LogP contribution < -0.4 is 5.73 Å². The molecule has 0 saturated carbocycles. The van der Waals surface area contributed by atoms with Crippen molar-refractivity contribution < 1.29 is 19.1 Å². The molecule has 2 rings (SSSR count). The third-order valence-corrected chi connectivity index (χ3v) is 3.34. The van der Waals surface area contributed by atoms with Crippen LogP contribution in [0.5, 0.6) is 0 Å². The molecule has 0 saturated heterocycles. The largest absolute Gasteiger partial charge is 0.368 e. The van der Waals surface area contributed by atoms with E-state index in [-0.39, 0.29) is 18.5 Å². The van der Waals surface area contributed by atoms with E-state index in [1.54, 1.807) is 6.33 Å². The van der Waals surface area contributed by atoms with Crippen molar-refractivity contribution in [3.8, 4) is 0 Å². The van der Waals surface area contributed by atoms with Crippen LogP contribution in [0.4, 0.5) is 5.95 Å². The molecule has 2 aromatic heterocycles. The highest BCUT2D eigenvalue weighted by Crippen LogP contribution is 2.34. The van der Waals surface area contributed by atoms with Gasteiger partial charge in [-0.15, -0.1) is 0 Å². The number of imidazole rings is 1. The van der Waals surface area contributed by atoms with Crippen molar-refractivity contribution >= 4 is 24.7 Å². The molecule has 1 unspecified atom stereocenters. The summed E-state index contributed by atoms with van der Waals surface area (Å²) in [5.41, 5.74) is 7.68. The molecule has 1 atom stereocenters. The molecule has 0 aliphatic heterocycles. The molecule has 2 aromatic rings. The summed E-state index contributed by atoms with van der Waals surface area (Å²) in [5.74, 6) is 0.220. The minimum atomic E-state index is -4.12. The molecular weight excluding hydrogens is 297 g/mol. The monoisotopic (exact) mass is 315 g/mol. The van der Waals surface area contributed by atoms with Crippen molar-refractivity contribution in [2.24, 2.45) is 5.92 Å². The predicted octanol–water partition coefficient (Wildman–Crippen LogP) is 0.505. The molecule has 10 heteroatoms. The molecule has 116 valence electrons. The number of hydrogen-bond acceptors (Lipinski definition) is 6. The third kappa shape index (κ3) is 4.21. The fourth-order valence-corrected chi connectivity index (χ4v) is 2.34. The first-order chi connectivity index (χ1) is 9.76. The summed E-state index contributed by atoms with van der Waals surface area (Å²) in [6.07, 6.45) is 1.07. The van der Waals surface area contributed by atoms with Gasteiger partial charge in [0.25, 0.3) is 0 Å². The minimum Gasteiger partial charge on any atom is -0.368 e. The number of rotatable bonds is 6. The van der Waals surface area contributed by atoms with Gasteiger partial charge in [0.05, 0.1) is 18.6 Å². The molecule has 4 N–H and O–H groups in total. The van der Waals surface area contributed by atoms with Crippen LogP contribution in [-0.4, -0.2) is 42.3 Å². The Morgan fingerprint density at radius 3 is 2.86 bits per heavy atom. The van der Waals surface area contributed by atoms with Crippen LogP contribution in [0.2, 0.25) is 0 Å². The molecule has 0 spiro atoms. The number of anilines is 1. The molecule has 21 heavy (non-hydrogen) atoms. The Kier molecular flexibility index (Phi) is 4.58. The van der Waals surface area contributed by atoms with Crippen LogP contribution in [0.25, 0.3) is 11.2 Å². The summed E-state index contributed by atoms with van der Waals surface area (Å²) < 4.78 is 17.5. The van der Waals surface area contributed by atoms with Gasteiger partial charge in [-0.2, -0.15) is 4.98 Å². The van der Waals surface area contributed by atoms with Crippen LogP contribution in [0.1, 0.15) is 12.6 Å². The molecule has 2 heterocycles. The Labute approximate surface area is 121 Å².